The summed E-state index contributed by atoms with van der Waals surface area (Å²) in [5.41, 5.74) is 0.422. The van der Waals surface area contributed by atoms with Crippen LogP contribution in [0.2, 0.25) is 0 Å². The Labute approximate surface area is 122 Å². The highest BCUT2D eigenvalue weighted by Crippen LogP contribution is 2.33. The molecule has 1 aromatic rings. The van der Waals surface area contributed by atoms with E-state index in [1.54, 1.807) is 12.3 Å². The van der Waals surface area contributed by atoms with Gasteiger partial charge in [-0.15, -0.1) is 11.3 Å². The summed E-state index contributed by atoms with van der Waals surface area (Å²) in [6, 6.07) is 0.415. The van der Waals surface area contributed by atoms with Crippen LogP contribution in [0.25, 0.3) is 0 Å². The van der Waals surface area contributed by atoms with Crippen LogP contribution in [0.3, 0.4) is 0 Å². The minimum Gasteiger partial charge on any atom is -0.461 e. The van der Waals surface area contributed by atoms with E-state index in [1.807, 2.05) is 0 Å². The van der Waals surface area contributed by atoms with Crippen LogP contribution in [0.5, 0.6) is 0 Å². The average molecular weight is 296 g/mol. The van der Waals surface area contributed by atoms with Crippen molar-refractivity contribution in [2.75, 3.05) is 24.7 Å². The highest BCUT2D eigenvalue weighted by Gasteiger charge is 2.35. The Kier molecular flexibility index (Phi) is 4.21. The SMILES string of the molecule is CCOC(=O)c1csc(N2CCOC3CCCCC32)n1. The molecule has 0 radical (unpaired) electrons. The van der Waals surface area contributed by atoms with Crippen molar-refractivity contribution in [2.45, 2.75) is 44.8 Å². The van der Waals surface area contributed by atoms with E-state index in [1.165, 1.54) is 24.2 Å². The summed E-state index contributed by atoms with van der Waals surface area (Å²) in [5, 5.41) is 2.72. The molecule has 2 fully saturated rings. The summed E-state index contributed by atoms with van der Waals surface area (Å²) >= 11 is 1.52. The lowest BCUT2D eigenvalue weighted by atomic mass is 9.90. The lowest BCUT2D eigenvalue weighted by Crippen LogP contribution is -2.52. The molecule has 3 rings (SSSR count). The van der Waals surface area contributed by atoms with Crippen LogP contribution in [0.4, 0.5) is 5.13 Å². The predicted molar refractivity (Wildman–Crippen MR) is 77.4 cm³/mol. The number of rotatable bonds is 3. The number of anilines is 1. The van der Waals surface area contributed by atoms with Crippen molar-refractivity contribution in [2.24, 2.45) is 0 Å². The van der Waals surface area contributed by atoms with Gasteiger partial charge in [0, 0.05) is 11.9 Å². The first-order valence-electron chi connectivity index (χ1n) is 7.30. The van der Waals surface area contributed by atoms with Gasteiger partial charge in [0.15, 0.2) is 10.8 Å². The minimum atomic E-state index is -0.330. The van der Waals surface area contributed by atoms with Crippen LogP contribution < -0.4 is 4.90 Å². The van der Waals surface area contributed by atoms with E-state index in [9.17, 15) is 4.79 Å². The fourth-order valence-electron chi connectivity index (χ4n) is 3.03. The second kappa shape index (κ2) is 6.10. The number of carbonyl (C=O) groups is 1. The summed E-state index contributed by atoms with van der Waals surface area (Å²) in [4.78, 5) is 18.5. The summed E-state index contributed by atoms with van der Waals surface area (Å²) < 4.78 is 10.9. The number of morpholine rings is 1. The number of esters is 1. The van der Waals surface area contributed by atoms with Gasteiger partial charge in [-0.2, -0.15) is 0 Å². The molecule has 6 heteroatoms. The Bertz CT molecular complexity index is 475. The van der Waals surface area contributed by atoms with Crippen molar-refractivity contribution >= 4 is 22.4 Å². The Hall–Kier alpha value is -1.14. The standard InChI is InChI=1S/C14H20N2O3S/c1-2-18-13(17)10-9-20-14(15-10)16-7-8-19-12-6-4-3-5-11(12)16/h9,11-12H,2-8H2,1H3. The molecular formula is C14H20N2O3S. The second-order valence-corrected chi connectivity index (χ2v) is 6.03. The van der Waals surface area contributed by atoms with Gasteiger partial charge in [0.2, 0.25) is 0 Å². The maximum atomic E-state index is 11.7. The molecule has 1 saturated heterocycles. The number of thiazole rings is 1. The van der Waals surface area contributed by atoms with Gasteiger partial charge in [-0.3, -0.25) is 0 Å². The molecule has 2 unspecified atom stereocenters. The third kappa shape index (κ3) is 2.67. The van der Waals surface area contributed by atoms with Crippen LogP contribution in [0.1, 0.15) is 43.1 Å². The topological polar surface area (TPSA) is 51.7 Å². The van der Waals surface area contributed by atoms with Crippen molar-refractivity contribution in [3.8, 4) is 0 Å². The lowest BCUT2D eigenvalue weighted by Gasteiger charge is -2.43. The van der Waals surface area contributed by atoms with Crippen LogP contribution >= 0.6 is 11.3 Å². The van der Waals surface area contributed by atoms with Crippen LogP contribution in [-0.2, 0) is 9.47 Å². The molecule has 110 valence electrons. The number of hydrogen-bond acceptors (Lipinski definition) is 6. The molecule has 0 amide bonds. The molecule has 5 nitrogen and oxygen atoms in total. The van der Waals surface area contributed by atoms with Gasteiger partial charge >= 0.3 is 5.97 Å². The fraction of sp³-hybridized carbons (Fsp3) is 0.714. The van der Waals surface area contributed by atoms with E-state index in [0.29, 0.717) is 24.4 Å². The number of ether oxygens (including phenoxy) is 2. The van der Waals surface area contributed by atoms with Crippen molar-refractivity contribution in [1.29, 1.82) is 0 Å². The van der Waals surface area contributed by atoms with E-state index >= 15 is 0 Å². The number of fused-ring (bicyclic) bond motifs is 1. The molecule has 2 atom stereocenters. The molecule has 1 saturated carbocycles. The molecule has 20 heavy (non-hydrogen) atoms. The average Bonchev–Trinajstić information content (AvgIpc) is 2.97. The first kappa shape index (κ1) is 13.8. The summed E-state index contributed by atoms with van der Waals surface area (Å²) in [7, 11) is 0. The third-order valence-corrected chi connectivity index (χ3v) is 4.83. The quantitative estimate of drug-likeness (QED) is 0.802. The van der Waals surface area contributed by atoms with Gasteiger partial charge in [-0.05, 0) is 19.8 Å². The normalized spacial score (nSPS) is 26.1. The van der Waals surface area contributed by atoms with Crippen molar-refractivity contribution in [1.82, 2.24) is 4.98 Å². The Morgan fingerprint density at radius 2 is 2.40 bits per heavy atom. The van der Waals surface area contributed by atoms with Crippen molar-refractivity contribution in [3.05, 3.63) is 11.1 Å². The first-order valence-corrected chi connectivity index (χ1v) is 8.18. The maximum absolute atomic E-state index is 11.7. The van der Waals surface area contributed by atoms with E-state index < -0.39 is 0 Å². The number of carbonyl (C=O) groups excluding carboxylic acids is 1. The lowest BCUT2D eigenvalue weighted by molar-refractivity contribution is -0.00869. The molecule has 0 N–H and O–H groups in total. The molecule has 0 spiro atoms. The highest BCUT2D eigenvalue weighted by molar-refractivity contribution is 7.13. The van der Waals surface area contributed by atoms with Crippen LogP contribution in [0, 0.1) is 0 Å². The Balaban J connectivity index is 1.76. The van der Waals surface area contributed by atoms with E-state index in [2.05, 4.69) is 9.88 Å². The zero-order valence-corrected chi connectivity index (χ0v) is 12.5. The molecule has 1 aromatic heterocycles. The van der Waals surface area contributed by atoms with Crippen LogP contribution in [0.15, 0.2) is 5.38 Å². The maximum Gasteiger partial charge on any atom is 0.357 e. The second-order valence-electron chi connectivity index (χ2n) is 5.19. The third-order valence-electron chi connectivity index (χ3n) is 3.95. The monoisotopic (exact) mass is 296 g/mol. The minimum absolute atomic E-state index is 0.326. The van der Waals surface area contributed by atoms with Gasteiger partial charge in [0.05, 0.1) is 25.4 Å². The van der Waals surface area contributed by atoms with E-state index in [0.717, 1.165) is 31.1 Å². The first-order chi connectivity index (χ1) is 9.79. The summed E-state index contributed by atoms with van der Waals surface area (Å²) in [5.74, 6) is -0.330. The van der Waals surface area contributed by atoms with Crippen molar-refractivity contribution < 1.29 is 14.3 Å². The number of nitrogens with zero attached hydrogens (tertiary/aromatic N) is 2. The van der Waals surface area contributed by atoms with Gasteiger partial charge < -0.3 is 14.4 Å². The van der Waals surface area contributed by atoms with Gasteiger partial charge in [0.25, 0.3) is 0 Å². The smallest absolute Gasteiger partial charge is 0.357 e. The molecule has 1 aliphatic heterocycles. The Morgan fingerprint density at radius 1 is 1.55 bits per heavy atom. The van der Waals surface area contributed by atoms with Gasteiger partial charge in [-0.25, -0.2) is 9.78 Å². The Morgan fingerprint density at radius 3 is 3.25 bits per heavy atom. The number of aromatic nitrogens is 1. The summed E-state index contributed by atoms with van der Waals surface area (Å²) in [6.45, 7) is 3.79. The zero-order valence-electron chi connectivity index (χ0n) is 11.7. The molecule has 2 heterocycles. The largest absolute Gasteiger partial charge is 0.461 e. The highest BCUT2D eigenvalue weighted by atomic mass is 32.1. The van der Waals surface area contributed by atoms with Crippen LogP contribution in [-0.4, -0.2) is 42.9 Å². The predicted octanol–water partition coefficient (Wildman–Crippen LogP) is 2.47. The molecule has 0 bridgehead atoms. The van der Waals surface area contributed by atoms with E-state index in [4.69, 9.17) is 9.47 Å². The van der Waals surface area contributed by atoms with Gasteiger partial charge in [-0.1, -0.05) is 12.8 Å². The molecule has 0 aromatic carbocycles. The zero-order chi connectivity index (χ0) is 13.9. The molecule has 2 aliphatic rings. The number of hydrogen-bond donors (Lipinski definition) is 0. The van der Waals surface area contributed by atoms with E-state index in [-0.39, 0.29) is 5.97 Å². The molecular weight excluding hydrogens is 276 g/mol. The summed E-state index contributed by atoms with van der Waals surface area (Å²) in [6.07, 6.45) is 5.11. The fourth-order valence-corrected chi connectivity index (χ4v) is 3.91. The van der Waals surface area contributed by atoms with Crippen molar-refractivity contribution in [3.63, 3.8) is 0 Å². The molecule has 1 aliphatic carbocycles. The van der Waals surface area contributed by atoms with Gasteiger partial charge in [0.1, 0.15) is 0 Å².